The van der Waals surface area contributed by atoms with Crippen molar-refractivity contribution in [2.45, 2.75) is 6.92 Å². The van der Waals surface area contributed by atoms with Gasteiger partial charge in [0.2, 0.25) is 0 Å². The monoisotopic (exact) mass is 238 g/mol. The van der Waals surface area contributed by atoms with Gasteiger partial charge in [-0.3, -0.25) is 14.9 Å². The third-order valence-electron chi connectivity index (χ3n) is 2.31. The molecule has 0 radical (unpaired) electrons. The molecule has 0 heterocycles. The van der Waals surface area contributed by atoms with Crippen molar-refractivity contribution in [3.63, 3.8) is 0 Å². The fourth-order valence-corrected chi connectivity index (χ4v) is 1.53. The minimum atomic E-state index is -0.529. The van der Waals surface area contributed by atoms with Crippen LogP contribution in [-0.4, -0.2) is 36.9 Å². The molecular weight excluding hydrogens is 224 g/mol. The van der Waals surface area contributed by atoms with Crippen molar-refractivity contribution in [3.8, 4) is 5.75 Å². The summed E-state index contributed by atoms with van der Waals surface area (Å²) in [6, 6.07) is 2.61. The van der Waals surface area contributed by atoms with Crippen molar-refractivity contribution < 1.29 is 14.5 Å². The summed E-state index contributed by atoms with van der Waals surface area (Å²) in [6.07, 6.45) is 0. The molecular formula is C11H14N2O4. The number of benzene rings is 1. The summed E-state index contributed by atoms with van der Waals surface area (Å²) in [5, 5.41) is 10.7. The van der Waals surface area contributed by atoms with Crippen molar-refractivity contribution >= 4 is 11.6 Å². The van der Waals surface area contributed by atoms with E-state index in [0.29, 0.717) is 11.3 Å². The minimum Gasteiger partial charge on any atom is -0.496 e. The normalized spacial score (nSPS) is 9.88. The van der Waals surface area contributed by atoms with Crippen LogP contribution in [0.3, 0.4) is 0 Å². The molecule has 0 saturated heterocycles. The SMILES string of the molecule is COc1c(C)cc([N+](=O)[O-])cc1C(=O)N(C)C. The third-order valence-corrected chi connectivity index (χ3v) is 2.31. The smallest absolute Gasteiger partial charge is 0.270 e. The first-order valence-electron chi connectivity index (χ1n) is 4.93. The number of hydrogen-bond acceptors (Lipinski definition) is 4. The standard InChI is InChI=1S/C11H14N2O4/c1-7-5-8(13(15)16)6-9(10(7)17-4)11(14)12(2)3/h5-6H,1-4H3. The van der Waals surface area contributed by atoms with Gasteiger partial charge in [-0.05, 0) is 12.5 Å². The van der Waals surface area contributed by atoms with Gasteiger partial charge in [-0.25, -0.2) is 0 Å². The Morgan fingerprint density at radius 2 is 2.00 bits per heavy atom. The zero-order valence-electron chi connectivity index (χ0n) is 10.2. The fraction of sp³-hybridized carbons (Fsp3) is 0.364. The van der Waals surface area contributed by atoms with Crippen molar-refractivity contribution in [2.75, 3.05) is 21.2 Å². The van der Waals surface area contributed by atoms with E-state index in [4.69, 9.17) is 4.74 Å². The van der Waals surface area contributed by atoms with Gasteiger partial charge in [-0.2, -0.15) is 0 Å². The Bertz CT molecular complexity index is 469. The molecule has 6 nitrogen and oxygen atoms in total. The zero-order chi connectivity index (χ0) is 13.2. The molecule has 0 aliphatic heterocycles. The molecule has 1 aromatic carbocycles. The first kappa shape index (κ1) is 13.0. The zero-order valence-corrected chi connectivity index (χ0v) is 10.2. The molecule has 0 fully saturated rings. The van der Waals surface area contributed by atoms with E-state index in [9.17, 15) is 14.9 Å². The molecule has 1 aromatic rings. The van der Waals surface area contributed by atoms with Crippen LogP contribution in [0, 0.1) is 17.0 Å². The van der Waals surface area contributed by atoms with E-state index in [1.165, 1.54) is 24.1 Å². The van der Waals surface area contributed by atoms with Gasteiger partial charge in [-0.1, -0.05) is 0 Å². The van der Waals surface area contributed by atoms with Crippen molar-refractivity contribution in [3.05, 3.63) is 33.4 Å². The second-order valence-electron chi connectivity index (χ2n) is 3.80. The predicted octanol–water partition coefficient (Wildman–Crippen LogP) is 1.61. The number of nitro groups is 1. The van der Waals surface area contributed by atoms with Crippen LogP contribution < -0.4 is 4.74 Å². The maximum atomic E-state index is 11.9. The predicted molar refractivity (Wildman–Crippen MR) is 62.4 cm³/mol. The summed E-state index contributed by atoms with van der Waals surface area (Å²) in [4.78, 5) is 23.4. The number of ether oxygens (including phenoxy) is 1. The molecule has 0 aliphatic carbocycles. The second kappa shape index (κ2) is 4.82. The molecule has 0 aliphatic rings. The van der Waals surface area contributed by atoms with Crippen molar-refractivity contribution in [1.29, 1.82) is 0 Å². The molecule has 92 valence electrons. The summed E-state index contributed by atoms with van der Waals surface area (Å²) in [7, 11) is 4.59. The largest absolute Gasteiger partial charge is 0.496 e. The highest BCUT2D eigenvalue weighted by atomic mass is 16.6. The van der Waals surface area contributed by atoms with Gasteiger partial charge in [-0.15, -0.1) is 0 Å². The lowest BCUT2D eigenvalue weighted by Gasteiger charge is -2.14. The maximum Gasteiger partial charge on any atom is 0.270 e. The molecule has 0 saturated carbocycles. The summed E-state index contributed by atoms with van der Waals surface area (Å²) >= 11 is 0. The molecule has 17 heavy (non-hydrogen) atoms. The Hall–Kier alpha value is -2.11. The van der Waals surface area contributed by atoms with Gasteiger partial charge >= 0.3 is 0 Å². The van der Waals surface area contributed by atoms with Crippen LogP contribution in [0.2, 0.25) is 0 Å². The highest BCUT2D eigenvalue weighted by Gasteiger charge is 2.21. The highest BCUT2D eigenvalue weighted by molar-refractivity contribution is 5.97. The van der Waals surface area contributed by atoms with Crippen LogP contribution in [0.1, 0.15) is 15.9 Å². The van der Waals surface area contributed by atoms with Crippen LogP contribution in [0.15, 0.2) is 12.1 Å². The quantitative estimate of drug-likeness (QED) is 0.592. The molecule has 1 rings (SSSR count). The Morgan fingerprint density at radius 1 is 1.41 bits per heavy atom. The van der Waals surface area contributed by atoms with Crippen molar-refractivity contribution in [1.82, 2.24) is 4.90 Å². The number of non-ortho nitro benzene ring substituents is 1. The first-order valence-corrected chi connectivity index (χ1v) is 4.93. The molecule has 0 bridgehead atoms. The number of carbonyl (C=O) groups is 1. The van der Waals surface area contributed by atoms with Crippen LogP contribution in [-0.2, 0) is 0 Å². The number of aryl methyl sites for hydroxylation is 1. The Kier molecular flexibility index (Phi) is 3.67. The van der Waals surface area contributed by atoms with E-state index < -0.39 is 4.92 Å². The molecule has 0 unspecified atom stereocenters. The van der Waals surface area contributed by atoms with Gasteiger partial charge < -0.3 is 9.64 Å². The van der Waals surface area contributed by atoms with Gasteiger partial charge in [0.15, 0.2) is 0 Å². The number of amides is 1. The number of carbonyl (C=O) groups excluding carboxylic acids is 1. The van der Waals surface area contributed by atoms with Crippen LogP contribution in [0.4, 0.5) is 5.69 Å². The fourth-order valence-electron chi connectivity index (χ4n) is 1.53. The maximum absolute atomic E-state index is 11.9. The average molecular weight is 238 g/mol. The molecule has 6 heteroatoms. The van der Waals surface area contributed by atoms with E-state index in [1.54, 1.807) is 21.0 Å². The van der Waals surface area contributed by atoms with E-state index >= 15 is 0 Å². The number of nitro benzene ring substituents is 1. The summed E-state index contributed by atoms with van der Waals surface area (Å²) in [5.74, 6) is 0.0444. The summed E-state index contributed by atoms with van der Waals surface area (Å²) < 4.78 is 5.11. The van der Waals surface area contributed by atoms with Gasteiger partial charge in [0, 0.05) is 26.2 Å². The van der Waals surface area contributed by atoms with Gasteiger partial charge in [0.05, 0.1) is 17.6 Å². The Balaban J connectivity index is 3.44. The third kappa shape index (κ3) is 2.52. The topological polar surface area (TPSA) is 72.7 Å². The Morgan fingerprint density at radius 3 is 2.41 bits per heavy atom. The van der Waals surface area contributed by atoms with E-state index in [0.717, 1.165) is 0 Å². The lowest BCUT2D eigenvalue weighted by atomic mass is 10.1. The summed E-state index contributed by atoms with van der Waals surface area (Å²) in [5.41, 5.74) is 0.643. The summed E-state index contributed by atoms with van der Waals surface area (Å²) in [6.45, 7) is 1.66. The Labute approximate surface area is 98.9 Å². The number of methoxy groups -OCH3 is 1. The lowest BCUT2D eigenvalue weighted by Crippen LogP contribution is -2.22. The van der Waals surface area contributed by atoms with E-state index in [1.807, 2.05) is 0 Å². The molecule has 0 spiro atoms. The van der Waals surface area contributed by atoms with Crippen LogP contribution >= 0.6 is 0 Å². The van der Waals surface area contributed by atoms with Crippen molar-refractivity contribution in [2.24, 2.45) is 0 Å². The number of nitrogens with zero attached hydrogens (tertiary/aromatic N) is 2. The number of hydrogen-bond donors (Lipinski definition) is 0. The van der Waals surface area contributed by atoms with Gasteiger partial charge in [0.25, 0.3) is 11.6 Å². The van der Waals surface area contributed by atoms with Crippen LogP contribution in [0.5, 0.6) is 5.75 Å². The second-order valence-corrected chi connectivity index (χ2v) is 3.80. The van der Waals surface area contributed by atoms with Crippen LogP contribution in [0.25, 0.3) is 0 Å². The first-order chi connectivity index (χ1) is 7.88. The minimum absolute atomic E-state index is 0.117. The molecule has 1 amide bonds. The molecule has 0 aromatic heterocycles. The molecule has 0 atom stereocenters. The number of rotatable bonds is 3. The lowest BCUT2D eigenvalue weighted by molar-refractivity contribution is -0.384. The highest BCUT2D eigenvalue weighted by Crippen LogP contribution is 2.29. The van der Waals surface area contributed by atoms with E-state index in [2.05, 4.69) is 0 Å². The average Bonchev–Trinajstić information content (AvgIpc) is 2.26. The van der Waals surface area contributed by atoms with E-state index in [-0.39, 0.29) is 17.2 Å². The molecule has 0 N–H and O–H groups in total. The van der Waals surface area contributed by atoms with Gasteiger partial charge in [0.1, 0.15) is 5.75 Å².